The van der Waals surface area contributed by atoms with Gasteiger partial charge in [-0.15, -0.1) is 0 Å². The van der Waals surface area contributed by atoms with Gasteiger partial charge in [-0.1, -0.05) is 59.3 Å². The van der Waals surface area contributed by atoms with E-state index in [2.05, 4.69) is 20.8 Å². The Kier molecular flexibility index (Phi) is 10.0. The number of hydrogen-bond acceptors (Lipinski definition) is 1. The molecule has 1 heteroatoms. The summed E-state index contributed by atoms with van der Waals surface area (Å²) in [5.41, 5.74) is 0. The molecule has 1 aliphatic rings. The van der Waals surface area contributed by atoms with Gasteiger partial charge in [-0.25, -0.2) is 0 Å². The molecular weight excluding hydrogens is 160 g/mol. The minimum atomic E-state index is 0.654. The summed E-state index contributed by atoms with van der Waals surface area (Å²) in [6, 6.07) is 0. The van der Waals surface area contributed by atoms with Crippen LogP contribution in [0.15, 0.2) is 0 Å². The van der Waals surface area contributed by atoms with Crippen molar-refractivity contribution in [2.24, 2.45) is 0 Å². The molecule has 13 heavy (non-hydrogen) atoms. The molecule has 1 heterocycles. The highest BCUT2D eigenvalue weighted by molar-refractivity contribution is 4.67. The Morgan fingerprint density at radius 1 is 0.923 bits per heavy atom. The van der Waals surface area contributed by atoms with E-state index >= 15 is 0 Å². The standard InChI is InChI=1S/C7H14O.C5H12/c1-2-3-4-5-7-6-8-7;1-3-5-4-2/h7H,2-6H2,1H3;3-5H2,1-2H3. The molecule has 0 saturated carbocycles. The minimum Gasteiger partial charge on any atom is -0.373 e. The maximum Gasteiger partial charge on any atom is 0.0810 e. The van der Waals surface area contributed by atoms with Gasteiger partial charge < -0.3 is 4.74 Å². The smallest absolute Gasteiger partial charge is 0.0810 e. The van der Waals surface area contributed by atoms with Crippen LogP contribution in [-0.4, -0.2) is 12.7 Å². The van der Waals surface area contributed by atoms with Gasteiger partial charge in [-0.05, 0) is 6.42 Å². The van der Waals surface area contributed by atoms with Crippen molar-refractivity contribution < 1.29 is 4.74 Å². The lowest BCUT2D eigenvalue weighted by Crippen LogP contribution is -1.83. The van der Waals surface area contributed by atoms with Gasteiger partial charge in [0.25, 0.3) is 0 Å². The lowest BCUT2D eigenvalue weighted by molar-refractivity contribution is 0.389. The van der Waals surface area contributed by atoms with Crippen LogP contribution in [0.25, 0.3) is 0 Å². The molecule has 1 fully saturated rings. The van der Waals surface area contributed by atoms with Crippen LogP contribution in [-0.2, 0) is 4.74 Å². The fourth-order valence-electron chi connectivity index (χ4n) is 1.21. The molecule has 0 N–H and O–H groups in total. The molecule has 80 valence electrons. The Morgan fingerprint density at radius 3 is 1.77 bits per heavy atom. The largest absolute Gasteiger partial charge is 0.373 e. The lowest BCUT2D eigenvalue weighted by atomic mass is 10.2. The van der Waals surface area contributed by atoms with Crippen molar-refractivity contribution in [2.75, 3.05) is 6.61 Å². The fourth-order valence-corrected chi connectivity index (χ4v) is 1.21. The van der Waals surface area contributed by atoms with E-state index in [0.717, 1.165) is 6.61 Å². The number of hydrogen-bond donors (Lipinski definition) is 0. The van der Waals surface area contributed by atoms with E-state index in [-0.39, 0.29) is 0 Å². The zero-order valence-electron chi connectivity index (χ0n) is 9.64. The van der Waals surface area contributed by atoms with Gasteiger partial charge >= 0.3 is 0 Å². The Bertz CT molecular complexity index is 85.1. The molecule has 0 aromatic carbocycles. The Hall–Kier alpha value is -0.0400. The zero-order valence-corrected chi connectivity index (χ0v) is 9.64. The SMILES string of the molecule is CCCCC.CCCCCC1CO1. The number of epoxide rings is 1. The Labute approximate surface area is 83.9 Å². The Balaban J connectivity index is 0.000000252. The minimum absolute atomic E-state index is 0.654. The predicted octanol–water partition coefficient (Wildman–Crippen LogP) is 4.16. The molecule has 0 radical (unpaired) electrons. The number of unbranched alkanes of at least 4 members (excludes halogenated alkanes) is 4. The summed E-state index contributed by atoms with van der Waals surface area (Å²) in [6.07, 6.45) is 10.1. The zero-order chi connectivity index (χ0) is 9.94. The van der Waals surface area contributed by atoms with Crippen LogP contribution in [0.5, 0.6) is 0 Å². The molecule has 1 nitrogen and oxygen atoms in total. The normalized spacial score (nSPS) is 19.2. The average Bonchev–Trinajstić information content (AvgIpc) is 2.91. The topological polar surface area (TPSA) is 12.5 Å². The van der Waals surface area contributed by atoms with Crippen LogP contribution >= 0.6 is 0 Å². The van der Waals surface area contributed by atoms with Crippen LogP contribution in [0, 0.1) is 0 Å². The summed E-state index contributed by atoms with van der Waals surface area (Å²) in [4.78, 5) is 0. The quantitative estimate of drug-likeness (QED) is 0.448. The van der Waals surface area contributed by atoms with E-state index < -0.39 is 0 Å². The summed E-state index contributed by atoms with van der Waals surface area (Å²) in [5.74, 6) is 0. The first-order valence-electron chi connectivity index (χ1n) is 5.96. The Morgan fingerprint density at radius 2 is 1.46 bits per heavy atom. The monoisotopic (exact) mass is 186 g/mol. The first-order valence-corrected chi connectivity index (χ1v) is 5.96. The first-order chi connectivity index (χ1) is 6.35. The van der Waals surface area contributed by atoms with E-state index in [1.54, 1.807) is 0 Å². The maximum atomic E-state index is 5.06. The second-order valence-electron chi connectivity index (χ2n) is 3.80. The summed E-state index contributed by atoms with van der Waals surface area (Å²) in [6.45, 7) is 7.68. The summed E-state index contributed by atoms with van der Waals surface area (Å²) < 4.78 is 5.06. The van der Waals surface area contributed by atoms with Gasteiger partial charge in [0, 0.05) is 0 Å². The average molecular weight is 186 g/mol. The molecule has 1 unspecified atom stereocenters. The van der Waals surface area contributed by atoms with E-state index in [1.165, 1.54) is 44.9 Å². The predicted molar refractivity (Wildman–Crippen MR) is 59.1 cm³/mol. The van der Waals surface area contributed by atoms with Crippen LogP contribution in [0.1, 0.15) is 65.7 Å². The molecule has 0 amide bonds. The molecule has 0 aliphatic carbocycles. The third-order valence-corrected chi connectivity index (χ3v) is 2.24. The molecule has 1 aliphatic heterocycles. The lowest BCUT2D eigenvalue weighted by Gasteiger charge is -1.90. The van der Waals surface area contributed by atoms with Gasteiger partial charge in [0.15, 0.2) is 0 Å². The van der Waals surface area contributed by atoms with Gasteiger partial charge in [0.05, 0.1) is 12.7 Å². The highest BCUT2D eigenvalue weighted by atomic mass is 16.6. The highest BCUT2D eigenvalue weighted by Crippen LogP contribution is 2.16. The van der Waals surface area contributed by atoms with Gasteiger partial charge in [0.2, 0.25) is 0 Å². The van der Waals surface area contributed by atoms with E-state index in [1.807, 2.05) is 0 Å². The van der Waals surface area contributed by atoms with Crippen molar-refractivity contribution in [1.29, 1.82) is 0 Å². The maximum absolute atomic E-state index is 5.06. The molecule has 0 aromatic rings. The van der Waals surface area contributed by atoms with Crippen molar-refractivity contribution in [3.8, 4) is 0 Å². The summed E-state index contributed by atoms with van der Waals surface area (Å²) in [5, 5.41) is 0. The third-order valence-electron chi connectivity index (χ3n) is 2.24. The molecular formula is C12H26O. The molecule has 1 atom stereocenters. The molecule has 1 rings (SSSR count). The molecule has 0 bridgehead atoms. The number of ether oxygens (including phenoxy) is 1. The van der Waals surface area contributed by atoms with Crippen molar-refractivity contribution in [3.05, 3.63) is 0 Å². The van der Waals surface area contributed by atoms with E-state index in [0.29, 0.717) is 6.10 Å². The third kappa shape index (κ3) is 12.0. The van der Waals surface area contributed by atoms with Crippen molar-refractivity contribution in [1.82, 2.24) is 0 Å². The molecule has 0 spiro atoms. The molecule has 0 aromatic heterocycles. The van der Waals surface area contributed by atoms with Crippen molar-refractivity contribution in [2.45, 2.75) is 71.8 Å². The van der Waals surface area contributed by atoms with Gasteiger partial charge in [0.1, 0.15) is 0 Å². The van der Waals surface area contributed by atoms with Gasteiger partial charge in [-0.2, -0.15) is 0 Å². The van der Waals surface area contributed by atoms with E-state index in [9.17, 15) is 0 Å². The second-order valence-corrected chi connectivity index (χ2v) is 3.80. The number of rotatable bonds is 6. The molecule has 1 saturated heterocycles. The summed E-state index contributed by atoms with van der Waals surface area (Å²) in [7, 11) is 0. The van der Waals surface area contributed by atoms with Crippen LogP contribution in [0.2, 0.25) is 0 Å². The second kappa shape index (κ2) is 10.0. The first kappa shape index (κ1) is 13.0. The van der Waals surface area contributed by atoms with Gasteiger partial charge in [-0.3, -0.25) is 0 Å². The van der Waals surface area contributed by atoms with Crippen LogP contribution < -0.4 is 0 Å². The van der Waals surface area contributed by atoms with Crippen molar-refractivity contribution >= 4 is 0 Å². The van der Waals surface area contributed by atoms with Crippen LogP contribution in [0.4, 0.5) is 0 Å². The van der Waals surface area contributed by atoms with E-state index in [4.69, 9.17) is 4.74 Å². The van der Waals surface area contributed by atoms with Crippen LogP contribution in [0.3, 0.4) is 0 Å². The summed E-state index contributed by atoms with van der Waals surface area (Å²) >= 11 is 0. The highest BCUT2D eigenvalue weighted by Gasteiger charge is 2.20. The van der Waals surface area contributed by atoms with Crippen molar-refractivity contribution in [3.63, 3.8) is 0 Å². The fraction of sp³-hybridized carbons (Fsp3) is 1.00.